The Bertz CT molecular complexity index is 339. The van der Waals surface area contributed by atoms with Crippen molar-refractivity contribution < 1.29 is 0 Å². The van der Waals surface area contributed by atoms with E-state index in [1.165, 1.54) is 0 Å². The lowest BCUT2D eigenvalue weighted by molar-refractivity contribution is 0.686. The van der Waals surface area contributed by atoms with Gasteiger partial charge in [0.2, 0.25) is 0 Å². The molecule has 0 saturated heterocycles. The summed E-state index contributed by atoms with van der Waals surface area (Å²) in [6.07, 6.45) is 2.25. The summed E-state index contributed by atoms with van der Waals surface area (Å²) in [4.78, 5) is 8.62. The number of hydrogen-bond donors (Lipinski definition) is 1. The Morgan fingerprint density at radius 1 is 1.27 bits per heavy atom. The van der Waals surface area contributed by atoms with Gasteiger partial charge in [-0.15, -0.1) is 0 Å². The lowest BCUT2D eigenvalue weighted by Gasteiger charge is -2.15. The molecular formula is C11H18ClN3. The molecule has 0 aliphatic carbocycles. The minimum atomic E-state index is 0.379. The molecule has 1 heterocycles. The second kappa shape index (κ2) is 5.31. The maximum atomic E-state index is 6.01. The summed E-state index contributed by atoms with van der Waals surface area (Å²) in [5, 5.41) is 3.73. The van der Waals surface area contributed by atoms with Crippen LogP contribution in [0.2, 0.25) is 5.15 Å². The van der Waals surface area contributed by atoms with Gasteiger partial charge in [-0.25, -0.2) is 9.97 Å². The first-order valence-corrected chi connectivity index (χ1v) is 5.69. The highest BCUT2D eigenvalue weighted by molar-refractivity contribution is 6.31. The van der Waals surface area contributed by atoms with Crippen molar-refractivity contribution in [1.82, 2.24) is 9.97 Å². The fraction of sp³-hybridized carbons (Fsp3) is 0.636. The molecule has 1 atom stereocenters. The van der Waals surface area contributed by atoms with Crippen LogP contribution in [0.1, 0.15) is 38.1 Å². The monoisotopic (exact) mass is 227 g/mol. The van der Waals surface area contributed by atoms with E-state index >= 15 is 0 Å². The van der Waals surface area contributed by atoms with Gasteiger partial charge in [0.05, 0.1) is 11.4 Å². The molecular weight excluding hydrogens is 210 g/mol. The molecule has 0 aliphatic rings. The number of hydrogen-bond acceptors (Lipinski definition) is 3. The second-order valence-corrected chi connectivity index (χ2v) is 4.23. The normalized spacial score (nSPS) is 12.6. The van der Waals surface area contributed by atoms with Crippen molar-refractivity contribution in [2.45, 2.75) is 46.6 Å². The molecule has 15 heavy (non-hydrogen) atoms. The minimum absolute atomic E-state index is 0.379. The third kappa shape index (κ3) is 3.34. The Morgan fingerprint density at radius 2 is 1.87 bits per heavy atom. The molecule has 1 unspecified atom stereocenters. The van der Waals surface area contributed by atoms with Gasteiger partial charge in [0.15, 0.2) is 11.0 Å². The van der Waals surface area contributed by atoms with Crippen molar-refractivity contribution in [3.05, 3.63) is 16.5 Å². The predicted molar refractivity (Wildman–Crippen MR) is 64.5 cm³/mol. The molecule has 1 aromatic rings. The molecule has 1 N–H and O–H groups in total. The maximum Gasteiger partial charge on any atom is 0.171 e. The average Bonchev–Trinajstić information content (AvgIpc) is 2.14. The second-order valence-electron chi connectivity index (χ2n) is 3.87. The largest absolute Gasteiger partial charge is 0.365 e. The minimum Gasteiger partial charge on any atom is -0.365 e. The van der Waals surface area contributed by atoms with Gasteiger partial charge in [-0.3, -0.25) is 0 Å². The van der Waals surface area contributed by atoms with E-state index in [1.807, 2.05) is 13.8 Å². The SMILES string of the molecule is CCCC(C)Nc1nc(C)c(C)nc1Cl. The molecule has 4 heteroatoms. The summed E-state index contributed by atoms with van der Waals surface area (Å²) in [7, 11) is 0. The maximum absolute atomic E-state index is 6.01. The Kier molecular flexibility index (Phi) is 4.33. The molecule has 0 saturated carbocycles. The molecule has 1 aromatic heterocycles. The van der Waals surface area contributed by atoms with E-state index in [0.717, 1.165) is 24.2 Å². The van der Waals surface area contributed by atoms with Gasteiger partial charge in [-0.05, 0) is 27.2 Å². The zero-order valence-corrected chi connectivity index (χ0v) is 10.5. The number of nitrogens with one attached hydrogen (secondary N) is 1. The summed E-state index contributed by atoms with van der Waals surface area (Å²) < 4.78 is 0. The zero-order chi connectivity index (χ0) is 11.4. The highest BCUT2D eigenvalue weighted by Gasteiger charge is 2.09. The van der Waals surface area contributed by atoms with Crippen LogP contribution in [0, 0.1) is 13.8 Å². The fourth-order valence-corrected chi connectivity index (χ4v) is 1.63. The van der Waals surface area contributed by atoms with Gasteiger partial charge < -0.3 is 5.32 Å². The Hall–Kier alpha value is -0.830. The van der Waals surface area contributed by atoms with Crippen LogP contribution in [-0.2, 0) is 0 Å². The van der Waals surface area contributed by atoms with Crippen molar-refractivity contribution in [2.24, 2.45) is 0 Å². The average molecular weight is 228 g/mol. The molecule has 1 rings (SSSR count). The van der Waals surface area contributed by atoms with E-state index in [1.54, 1.807) is 0 Å². The van der Waals surface area contributed by atoms with Crippen LogP contribution in [0.5, 0.6) is 0 Å². The first-order chi connectivity index (χ1) is 7.04. The smallest absolute Gasteiger partial charge is 0.171 e. The van der Waals surface area contributed by atoms with Crippen LogP contribution in [0.4, 0.5) is 5.82 Å². The number of aryl methyl sites for hydroxylation is 2. The molecule has 0 bridgehead atoms. The summed E-state index contributed by atoms with van der Waals surface area (Å²) in [5.74, 6) is 0.695. The lowest BCUT2D eigenvalue weighted by Crippen LogP contribution is -2.16. The molecule has 0 aromatic carbocycles. The molecule has 0 aliphatic heterocycles. The van der Waals surface area contributed by atoms with Crippen LogP contribution < -0.4 is 5.32 Å². The topological polar surface area (TPSA) is 37.8 Å². The predicted octanol–water partition coefficient (Wildman–Crippen LogP) is 3.35. The van der Waals surface area contributed by atoms with E-state index in [4.69, 9.17) is 11.6 Å². The Labute approximate surface area is 96.3 Å². The van der Waals surface area contributed by atoms with Crippen LogP contribution in [0.15, 0.2) is 0 Å². The van der Waals surface area contributed by atoms with Gasteiger partial charge in [-0.2, -0.15) is 0 Å². The molecule has 0 spiro atoms. The zero-order valence-electron chi connectivity index (χ0n) is 9.76. The van der Waals surface area contributed by atoms with Crippen LogP contribution in [0.3, 0.4) is 0 Å². The lowest BCUT2D eigenvalue weighted by atomic mass is 10.2. The molecule has 0 amide bonds. The summed E-state index contributed by atoms with van der Waals surface area (Å²) >= 11 is 6.01. The van der Waals surface area contributed by atoms with E-state index in [0.29, 0.717) is 17.0 Å². The van der Waals surface area contributed by atoms with E-state index in [2.05, 4.69) is 29.1 Å². The van der Waals surface area contributed by atoms with Crippen molar-refractivity contribution in [2.75, 3.05) is 5.32 Å². The number of aromatic nitrogens is 2. The first kappa shape index (κ1) is 12.2. The number of halogens is 1. The molecule has 0 fully saturated rings. The summed E-state index contributed by atoms with van der Waals surface area (Å²) in [6.45, 7) is 8.13. The van der Waals surface area contributed by atoms with E-state index in [9.17, 15) is 0 Å². The van der Waals surface area contributed by atoms with Gasteiger partial charge in [-0.1, -0.05) is 24.9 Å². The Morgan fingerprint density at radius 3 is 2.47 bits per heavy atom. The summed E-state index contributed by atoms with van der Waals surface area (Å²) in [6, 6.07) is 0.379. The number of anilines is 1. The quantitative estimate of drug-likeness (QED) is 0.857. The summed E-state index contributed by atoms with van der Waals surface area (Å²) in [5.41, 5.74) is 1.80. The Balaban J connectivity index is 2.81. The van der Waals surface area contributed by atoms with Crippen LogP contribution in [0.25, 0.3) is 0 Å². The van der Waals surface area contributed by atoms with Crippen molar-refractivity contribution in [3.63, 3.8) is 0 Å². The molecule has 3 nitrogen and oxygen atoms in total. The van der Waals surface area contributed by atoms with Crippen LogP contribution >= 0.6 is 11.6 Å². The van der Waals surface area contributed by atoms with Crippen molar-refractivity contribution in [3.8, 4) is 0 Å². The first-order valence-electron chi connectivity index (χ1n) is 5.31. The van der Waals surface area contributed by atoms with Crippen LogP contribution in [-0.4, -0.2) is 16.0 Å². The molecule has 84 valence electrons. The fourth-order valence-electron chi connectivity index (χ4n) is 1.41. The highest BCUT2D eigenvalue weighted by atomic mass is 35.5. The number of nitrogens with zero attached hydrogens (tertiary/aromatic N) is 2. The van der Waals surface area contributed by atoms with Crippen molar-refractivity contribution >= 4 is 17.4 Å². The van der Waals surface area contributed by atoms with Gasteiger partial charge >= 0.3 is 0 Å². The van der Waals surface area contributed by atoms with E-state index in [-0.39, 0.29) is 0 Å². The van der Waals surface area contributed by atoms with E-state index < -0.39 is 0 Å². The van der Waals surface area contributed by atoms with Gasteiger partial charge in [0.1, 0.15) is 0 Å². The van der Waals surface area contributed by atoms with Gasteiger partial charge in [0.25, 0.3) is 0 Å². The van der Waals surface area contributed by atoms with Gasteiger partial charge in [0, 0.05) is 6.04 Å². The van der Waals surface area contributed by atoms with Crippen molar-refractivity contribution in [1.29, 1.82) is 0 Å². The standard InChI is InChI=1S/C11H18ClN3/c1-5-6-7(2)13-11-10(12)14-8(3)9(4)15-11/h7H,5-6H2,1-4H3,(H,13,15). The third-order valence-electron chi connectivity index (χ3n) is 2.37. The highest BCUT2D eigenvalue weighted by Crippen LogP contribution is 2.19. The number of rotatable bonds is 4. The molecule has 0 radical (unpaired) electrons. The third-order valence-corrected chi connectivity index (χ3v) is 2.63.